The second kappa shape index (κ2) is 2.81. The topological polar surface area (TPSA) is 119 Å². The van der Waals surface area contributed by atoms with Crippen molar-refractivity contribution in [2.45, 2.75) is 7.43 Å². The molecule has 8 N–H and O–H groups in total. The molecule has 0 radical (unpaired) electrons. The van der Waals surface area contributed by atoms with E-state index in [1.165, 1.54) is 0 Å². The van der Waals surface area contributed by atoms with E-state index in [1.54, 1.807) is 0 Å². The minimum Gasteiger partial charge on any atom is -0.336 e. The Kier molecular flexibility index (Phi) is 2.36. The first-order valence-corrected chi connectivity index (χ1v) is 2.31. The number of rotatable bonds is 0. The Morgan fingerprint density at radius 2 is 1.40 bits per heavy atom. The van der Waals surface area contributed by atoms with Crippen LogP contribution in [0.3, 0.4) is 0 Å². The first-order chi connectivity index (χ1) is 4.18. The van der Waals surface area contributed by atoms with Crippen molar-refractivity contribution in [2.75, 3.05) is 17.2 Å². The zero-order chi connectivity index (χ0) is 6.85. The van der Waals surface area contributed by atoms with Crippen LogP contribution >= 0.6 is 0 Å². The van der Waals surface area contributed by atoms with Crippen LogP contribution in [-0.4, -0.2) is 4.98 Å². The third-order valence-corrected chi connectivity index (χ3v) is 0.766. The first kappa shape index (κ1) is 8.41. The minimum absolute atomic E-state index is 0. The van der Waals surface area contributed by atoms with Gasteiger partial charge in [-0.05, 0) is 0 Å². The van der Waals surface area contributed by atoms with E-state index in [0.29, 0.717) is 5.95 Å². The Bertz CT molecular complexity index is 171. The van der Waals surface area contributed by atoms with Gasteiger partial charge in [-0.2, -0.15) is 9.97 Å². The fraction of sp³-hybridized carbons (Fsp3) is 0.250. The molecule has 0 aliphatic heterocycles. The van der Waals surface area contributed by atoms with Crippen molar-refractivity contribution in [2.24, 2.45) is 0 Å². The number of aromatic nitrogens is 3. The van der Waals surface area contributed by atoms with Gasteiger partial charge in [0, 0.05) is 4.98 Å². The lowest BCUT2D eigenvalue weighted by atomic mass is 10.9. The smallest absolute Gasteiger partial charge is 0.336 e. The molecule has 10 heavy (non-hydrogen) atoms. The molecule has 1 aromatic heterocycles. The van der Waals surface area contributed by atoms with Gasteiger partial charge in [0.15, 0.2) is 0 Å². The number of anilines is 3. The number of hydrogen-bond acceptors (Lipinski definition) is 4. The lowest BCUT2D eigenvalue weighted by molar-refractivity contribution is -0.489. The highest BCUT2D eigenvalue weighted by molar-refractivity contribution is 5.16. The third kappa shape index (κ3) is 1.73. The molecule has 6 nitrogen and oxygen atoms in total. The van der Waals surface area contributed by atoms with Crippen LogP contribution in [0.5, 0.6) is 0 Å². The fourth-order valence-electron chi connectivity index (χ4n) is 0.493. The molecule has 0 amide bonds. The van der Waals surface area contributed by atoms with Crippen LogP contribution in [-0.2, 0) is 0 Å². The molecule has 1 aromatic rings. The van der Waals surface area contributed by atoms with Crippen molar-refractivity contribution in [1.29, 1.82) is 0 Å². The lowest BCUT2D eigenvalue weighted by Crippen LogP contribution is -2.30. The number of aromatic amines is 2. The lowest BCUT2D eigenvalue weighted by Gasteiger charge is -1.82. The molecule has 0 saturated heterocycles. The van der Waals surface area contributed by atoms with Gasteiger partial charge in [0.1, 0.15) is 0 Å². The third-order valence-electron chi connectivity index (χ3n) is 0.766. The van der Waals surface area contributed by atoms with Crippen LogP contribution in [0.15, 0.2) is 0 Å². The van der Waals surface area contributed by atoms with Crippen molar-refractivity contribution < 1.29 is 9.97 Å². The molecule has 6 heteroatoms. The predicted molar refractivity (Wildman–Crippen MR) is 37.3 cm³/mol. The van der Waals surface area contributed by atoms with Crippen LogP contribution < -0.4 is 27.2 Å². The van der Waals surface area contributed by atoms with Crippen molar-refractivity contribution in [3.8, 4) is 0 Å². The van der Waals surface area contributed by atoms with E-state index in [1.807, 2.05) is 0 Å². The normalized spacial score (nSPS) is 8.40. The van der Waals surface area contributed by atoms with E-state index in [4.69, 9.17) is 17.2 Å². The number of nitrogens with zero attached hydrogens (tertiary/aromatic N) is 1. The summed E-state index contributed by atoms with van der Waals surface area (Å²) < 4.78 is 0. The van der Waals surface area contributed by atoms with Gasteiger partial charge in [0.25, 0.3) is 0 Å². The number of hydrogen-bond donors (Lipinski definition) is 3. The maximum absolute atomic E-state index is 5.25. The van der Waals surface area contributed by atoms with E-state index in [0.717, 1.165) is 0 Å². The van der Waals surface area contributed by atoms with Crippen LogP contribution in [0, 0.1) is 0 Å². The zero-order valence-electron chi connectivity index (χ0n) is 4.68. The molecule has 0 aromatic carbocycles. The Morgan fingerprint density at radius 3 is 1.70 bits per heavy atom. The Morgan fingerprint density at radius 1 is 1.00 bits per heavy atom. The Hall–Kier alpha value is -1.59. The minimum atomic E-state index is 0. The van der Waals surface area contributed by atoms with Gasteiger partial charge in [-0.3, -0.25) is 11.5 Å². The fourth-order valence-corrected chi connectivity index (χ4v) is 0.493. The maximum atomic E-state index is 5.25. The molecule has 0 bridgehead atoms. The summed E-state index contributed by atoms with van der Waals surface area (Å²) in [6.07, 6.45) is 0. The highest BCUT2D eigenvalue weighted by Crippen LogP contribution is 1.84. The van der Waals surface area contributed by atoms with Crippen molar-refractivity contribution in [1.82, 2.24) is 4.98 Å². The van der Waals surface area contributed by atoms with Crippen molar-refractivity contribution in [3.63, 3.8) is 0 Å². The largest absolute Gasteiger partial charge is 0.434 e. The second-order valence-electron chi connectivity index (χ2n) is 1.55. The van der Waals surface area contributed by atoms with Gasteiger partial charge in [-0.25, -0.2) is 0 Å². The molecular formula is C4H12N6+2. The standard InChI is InChI=1S/C3H6N6.CH4/c4-1-7-2(5)9-3(6)8-1;/h(H6,4,5,6,7,8,9);1H4/p+2. The van der Waals surface area contributed by atoms with E-state index in [-0.39, 0.29) is 19.3 Å². The van der Waals surface area contributed by atoms with E-state index in [9.17, 15) is 0 Å². The highest BCUT2D eigenvalue weighted by atomic mass is 15.2. The Labute approximate surface area is 58.5 Å². The predicted octanol–water partition coefficient (Wildman–Crippen LogP) is -1.91. The summed E-state index contributed by atoms with van der Waals surface area (Å²) in [5.74, 6) is 0.688. The number of nitrogen functional groups attached to an aromatic ring is 3. The molecular weight excluding hydrogens is 132 g/mol. The summed E-state index contributed by atoms with van der Waals surface area (Å²) in [7, 11) is 0. The average molecular weight is 144 g/mol. The molecule has 0 unspecified atom stereocenters. The molecule has 0 spiro atoms. The van der Waals surface area contributed by atoms with Crippen molar-refractivity contribution in [3.05, 3.63) is 0 Å². The Balaban J connectivity index is 0.000000810. The van der Waals surface area contributed by atoms with Crippen molar-refractivity contribution >= 4 is 17.8 Å². The maximum Gasteiger partial charge on any atom is 0.434 e. The van der Waals surface area contributed by atoms with Gasteiger partial charge < -0.3 is 5.73 Å². The van der Waals surface area contributed by atoms with Gasteiger partial charge >= 0.3 is 17.8 Å². The van der Waals surface area contributed by atoms with E-state index >= 15 is 0 Å². The van der Waals surface area contributed by atoms with E-state index < -0.39 is 0 Å². The zero-order valence-corrected chi connectivity index (χ0v) is 4.68. The van der Waals surface area contributed by atoms with Crippen LogP contribution in [0.25, 0.3) is 0 Å². The van der Waals surface area contributed by atoms with Crippen LogP contribution in [0.2, 0.25) is 0 Å². The molecule has 0 fully saturated rings. The molecule has 0 aliphatic rings. The monoisotopic (exact) mass is 144 g/mol. The molecule has 0 atom stereocenters. The molecule has 56 valence electrons. The summed E-state index contributed by atoms with van der Waals surface area (Å²) in [5.41, 5.74) is 15.7. The molecule has 0 aliphatic carbocycles. The quantitative estimate of drug-likeness (QED) is 0.393. The molecule has 0 saturated carbocycles. The number of H-pyrrole nitrogens is 2. The number of nitrogens with two attached hydrogens (primary N) is 3. The van der Waals surface area contributed by atoms with Gasteiger partial charge in [-0.15, -0.1) is 0 Å². The summed E-state index contributed by atoms with van der Waals surface area (Å²) in [6.45, 7) is 0. The summed E-state index contributed by atoms with van der Waals surface area (Å²) in [4.78, 5) is 8.64. The van der Waals surface area contributed by atoms with Crippen LogP contribution in [0.1, 0.15) is 7.43 Å². The number of nitrogens with one attached hydrogen (secondary N) is 2. The van der Waals surface area contributed by atoms with Gasteiger partial charge in [-0.1, -0.05) is 7.43 Å². The summed E-state index contributed by atoms with van der Waals surface area (Å²) >= 11 is 0. The SMILES string of the molecule is C.Nc1nc(N)[nH+]c(N)[nH+]1. The van der Waals surface area contributed by atoms with Gasteiger partial charge in [0.2, 0.25) is 0 Å². The van der Waals surface area contributed by atoms with Gasteiger partial charge in [0.05, 0.1) is 0 Å². The summed E-state index contributed by atoms with van der Waals surface area (Å²) in [6, 6.07) is 0. The highest BCUT2D eigenvalue weighted by Gasteiger charge is 2.06. The second-order valence-corrected chi connectivity index (χ2v) is 1.55. The average Bonchev–Trinajstić information content (AvgIpc) is 1.59. The molecule has 1 rings (SSSR count). The summed E-state index contributed by atoms with van der Waals surface area (Å²) in [5, 5.41) is 0. The first-order valence-electron chi connectivity index (χ1n) is 2.31. The molecule has 1 heterocycles. The van der Waals surface area contributed by atoms with Crippen LogP contribution in [0.4, 0.5) is 17.8 Å². The van der Waals surface area contributed by atoms with E-state index in [2.05, 4.69) is 15.0 Å².